The smallest absolute Gasteiger partial charge is 0.302 e. The van der Waals surface area contributed by atoms with E-state index in [-0.39, 0.29) is 29.5 Å². The van der Waals surface area contributed by atoms with E-state index in [1.54, 1.807) is 0 Å². The summed E-state index contributed by atoms with van der Waals surface area (Å²) < 4.78 is 5.71. The van der Waals surface area contributed by atoms with Gasteiger partial charge >= 0.3 is 5.97 Å². The van der Waals surface area contributed by atoms with Gasteiger partial charge in [0.25, 0.3) is 0 Å². The lowest BCUT2D eigenvalue weighted by Crippen LogP contribution is -2.55. The van der Waals surface area contributed by atoms with Crippen LogP contribution in [0.4, 0.5) is 0 Å². The second-order valence-corrected chi connectivity index (χ2v) is 7.22. The summed E-state index contributed by atoms with van der Waals surface area (Å²) in [4.78, 5) is 11.5. The molecule has 2 aliphatic carbocycles. The van der Waals surface area contributed by atoms with Crippen molar-refractivity contribution >= 4 is 5.97 Å². The van der Waals surface area contributed by atoms with Gasteiger partial charge in [0.15, 0.2) is 0 Å². The van der Waals surface area contributed by atoms with E-state index in [0.717, 1.165) is 31.3 Å². The Morgan fingerprint density at radius 3 is 2.65 bits per heavy atom. The minimum atomic E-state index is -0.316. The van der Waals surface area contributed by atoms with Gasteiger partial charge < -0.3 is 9.84 Å². The molecule has 0 bridgehead atoms. The van der Waals surface area contributed by atoms with Crippen LogP contribution in [0.5, 0.6) is 0 Å². The predicted octanol–water partition coefficient (Wildman–Crippen LogP) is 3.32. The SMILES string of the molecule is C=C1CCC(O)C2(C)CCC(C(C)C)C(OC(C)=O)C12. The zero-order valence-electron chi connectivity index (χ0n) is 13.2. The molecular formula is C17H28O3. The highest BCUT2D eigenvalue weighted by Gasteiger charge is 2.54. The van der Waals surface area contributed by atoms with E-state index in [2.05, 4.69) is 27.4 Å². The van der Waals surface area contributed by atoms with Gasteiger partial charge in [0, 0.05) is 18.3 Å². The molecule has 5 atom stereocenters. The van der Waals surface area contributed by atoms with Crippen LogP contribution in [-0.2, 0) is 9.53 Å². The first-order valence-corrected chi connectivity index (χ1v) is 7.80. The quantitative estimate of drug-likeness (QED) is 0.623. The molecule has 0 aromatic rings. The number of carbonyl (C=O) groups excluding carboxylic acids is 1. The van der Waals surface area contributed by atoms with Gasteiger partial charge in [-0.1, -0.05) is 32.9 Å². The van der Waals surface area contributed by atoms with Crippen LogP contribution in [0.3, 0.4) is 0 Å². The first kappa shape index (κ1) is 15.6. The van der Waals surface area contributed by atoms with Crippen LogP contribution in [0.15, 0.2) is 12.2 Å². The highest BCUT2D eigenvalue weighted by atomic mass is 16.5. The van der Waals surface area contributed by atoms with Gasteiger partial charge in [-0.05, 0) is 37.5 Å². The molecular weight excluding hydrogens is 252 g/mol. The molecule has 2 saturated carbocycles. The zero-order valence-corrected chi connectivity index (χ0v) is 13.2. The molecule has 114 valence electrons. The van der Waals surface area contributed by atoms with Crippen molar-refractivity contribution in [1.82, 2.24) is 0 Å². The Morgan fingerprint density at radius 1 is 1.45 bits per heavy atom. The van der Waals surface area contributed by atoms with Crippen LogP contribution < -0.4 is 0 Å². The molecule has 0 aromatic heterocycles. The summed E-state index contributed by atoms with van der Waals surface area (Å²) in [6.07, 6.45) is 3.17. The Kier molecular flexibility index (Phi) is 4.29. The topological polar surface area (TPSA) is 46.5 Å². The molecule has 20 heavy (non-hydrogen) atoms. The molecule has 0 aromatic carbocycles. The van der Waals surface area contributed by atoms with Crippen LogP contribution in [0, 0.1) is 23.2 Å². The molecule has 0 radical (unpaired) electrons. The number of esters is 1. The number of rotatable bonds is 2. The van der Waals surface area contributed by atoms with Crippen LogP contribution in [-0.4, -0.2) is 23.3 Å². The minimum Gasteiger partial charge on any atom is -0.462 e. The van der Waals surface area contributed by atoms with Crippen LogP contribution >= 0.6 is 0 Å². The molecule has 0 aliphatic heterocycles. The average Bonchev–Trinajstić information content (AvgIpc) is 2.33. The number of fused-ring (bicyclic) bond motifs is 1. The van der Waals surface area contributed by atoms with E-state index >= 15 is 0 Å². The van der Waals surface area contributed by atoms with Crippen LogP contribution in [0.2, 0.25) is 0 Å². The maximum atomic E-state index is 11.5. The van der Waals surface area contributed by atoms with E-state index in [0.29, 0.717) is 11.8 Å². The van der Waals surface area contributed by atoms with Crippen molar-refractivity contribution in [3.63, 3.8) is 0 Å². The van der Waals surface area contributed by atoms with Crippen molar-refractivity contribution < 1.29 is 14.6 Å². The van der Waals surface area contributed by atoms with Gasteiger partial charge in [0.2, 0.25) is 0 Å². The van der Waals surface area contributed by atoms with Gasteiger partial charge in [0.05, 0.1) is 6.10 Å². The Labute approximate surface area is 122 Å². The minimum absolute atomic E-state index is 0.0938. The fourth-order valence-electron chi connectivity index (χ4n) is 4.36. The molecule has 1 N–H and O–H groups in total. The van der Waals surface area contributed by atoms with E-state index < -0.39 is 0 Å². The summed E-state index contributed by atoms with van der Waals surface area (Å²) >= 11 is 0. The second-order valence-electron chi connectivity index (χ2n) is 7.22. The third kappa shape index (κ3) is 2.52. The Bertz CT molecular complexity index is 401. The molecule has 0 heterocycles. The van der Waals surface area contributed by atoms with Crippen molar-refractivity contribution in [2.45, 2.75) is 65.6 Å². The maximum absolute atomic E-state index is 11.5. The summed E-state index contributed by atoms with van der Waals surface area (Å²) in [5.74, 6) is 0.698. The normalized spacial score (nSPS) is 41.4. The fraction of sp³-hybridized carbons (Fsp3) is 0.824. The first-order valence-electron chi connectivity index (χ1n) is 7.80. The van der Waals surface area contributed by atoms with E-state index in [9.17, 15) is 9.90 Å². The number of hydrogen-bond acceptors (Lipinski definition) is 3. The summed E-state index contributed by atoms with van der Waals surface area (Å²) in [5, 5.41) is 10.5. The molecule has 0 amide bonds. The van der Waals surface area contributed by atoms with Crippen molar-refractivity contribution in [2.24, 2.45) is 23.2 Å². The van der Waals surface area contributed by atoms with Crippen LogP contribution in [0.25, 0.3) is 0 Å². The molecule has 0 saturated heterocycles. The molecule has 3 nitrogen and oxygen atoms in total. The number of aliphatic hydroxyl groups is 1. The standard InChI is InChI=1S/C17H28O3/c1-10(2)13-8-9-17(5)14(19)7-6-11(3)15(17)16(13)20-12(4)18/h10,13-16,19H,3,6-9H2,1-2,4-5H3. The summed E-state index contributed by atoms with van der Waals surface area (Å²) in [6.45, 7) is 12.2. The molecule has 2 rings (SSSR count). The predicted molar refractivity (Wildman–Crippen MR) is 79.1 cm³/mol. The van der Waals surface area contributed by atoms with E-state index in [1.165, 1.54) is 6.92 Å². The van der Waals surface area contributed by atoms with E-state index in [4.69, 9.17) is 4.74 Å². The summed E-state index contributed by atoms with van der Waals surface area (Å²) in [6, 6.07) is 0. The van der Waals surface area contributed by atoms with Crippen molar-refractivity contribution in [1.29, 1.82) is 0 Å². The lowest BCUT2D eigenvalue weighted by atomic mass is 9.53. The lowest BCUT2D eigenvalue weighted by Gasteiger charge is -2.55. The third-order valence-electron chi connectivity index (χ3n) is 5.58. The van der Waals surface area contributed by atoms with E-state index in [1.807, 2.05) is 0 Å². The highest BCUT2D eigenvalue weighted by Crippen LogP contribution is 2.55. The molecule has 5 unspecified atom stereocenters. The zero-order chi connectivity index (χ0) is 15.1. The second kappa shape index (κ2) is 5.51. The number of hydrogen-bond donors (Lipinski definition) is 1. The molecule has 3 heteroatoms. The average molecular weight is 280 g/mol. The molecule has 2 aliphatic rings. The van der Waals surface area contributed by atoms with Gasteiger partial charge in [0.1, 0.15) is 6.10 Å². The fourth-order valence-corrected chi connectivity index (χ4v) is 4.36. The Morgan fingerprint density at radius 2 is 2.10 bits per heavy atom. The van der Waals surface area contributed by atoms with Crippen LogP contribution in [0.1, 0.15) is 53.4 Å². The largest absolute Gasteiger partial charge is 0.462 e. The van der Waals surface area contributed by atoms with Gasteiger partial charge in [-0.15, -0.1) is 0 Å². The number of ether oxygens (including phenoxy) is 1. The number of aliphatic hydroxyl groups excluding tert-OH is 1. The van der Waals surface area contributed by atoms with Gasteiger partial charge in [-0.2, -0.15) is 0 Å². The van der Waals surface area contributed by atoms with Gasteiger partial charge in [-0.3, -0.25) is 4.79 Å². The summed E-state index contributed by atoms with van der Waals surface area (Å²) in [7, 11) is 0. The maximum Gasteiger partial charge on any atom is 0.302 e. The van der Waals surface area contributed by atoms with Crippen molar-refractivity contribution in [3.8, 4) is 0 Å². The highest BCUT2D eigenvalue weighted by molar-refractivity contribution is 5.66. The van der Waals surface area contributed by atoms with Crippen molar-refractivity contribution in [3.05, 3.63) is 12.2 Å². The molecule has 2 fully saturated rings. The third-order valence-corrected chi connectivity index (χ3v) is 5.58. The summed E-state index contributed by atoms with van der Waals surface area (Å²) in [5.41, 5.74) is 0.954. The Balaban J connectivity index is 2.37. The van der Waals surface area contributed by atoms with Gasteiger partial charge in [-0.25, -0.2) is 0 Å². The molecule has 0 spiro atoms. The Hall–Kier alpha value is -0.830. The lowest BCUT2D eigenvalue weighted by molar-refractivity contribution is -0.172. The monoisotopic (exact) mass is 280 g/mol. The first-order chi connectivity index (χ1) is 9.27. The number of carbonyl (C=O) groups is 1. The van der Waals surface area contributed by atoms with Crippen molar-refractivity contribution in [2.75, 3.05) is 0 Å².